The van der Waals surface area contributed by atoms with Gasteiger partial charge < -0.3 is 5.11 Å². The van der Waals surface area contributed by atoms with E-state index in [4.69, 9.17) is 0 Å². The third-order valence-corrected chi connectivity index (χ3v) is 6.71. The molecule has 2 aromatic rings. The van der Waals surface area contributed by atoms with Crippen LogP contribution in [0.3, 0.4) is 0 Å². The van der Waals surface area contributed by atoms with E-state index in [0.717, 1.165) is 28.5 Å². The number of likely N-dealkylation sites (tertiary alicyclic amines) is 1. The molecule has 4 rings (SSSR count). The lowest BCUT2D eigenvalue weighted by Crippen LogP contribution is -2.22. The summed E-state index contributed by atoms with van der Waals surface area (Å²) < 4.78 is 13.4. The van der Waals surface area contributed by atoms with Crippen LogP contribution in [0.4, 0.5) is 4.39 Å². The van der Waals surface area contributed by atoms with Crippen molar-refractivity contribution in [2.24, 2.45) is 17.8 Å². The summed E-state index contributed by atoms with van der Waals surface area (Å²) in [6.45, 7) is 2.34. The summed E-state index contributed by atoms with van der Waals surface area (Å²) in [5, 5.41) is 9.27. The number of hydrogen-bond donors (Lipinski definition) is 1. The van der Waals surface area contributed by atoms with Gasteiger partial charge >= 0.3 is 0 Å². The molecular weight excluding hydrogens is 333 g/mol. The molecule has 2 aromatic carbocycles. The number of fused-ring (bicyclic) bond motifs is 1. The Morgan fingerprint density at radius 2 is 1.76 bits per heavy atom. The van der Waals surface area contributed by atoms with Crippen LogP contribution in [0, 0.1) is 23.6 Å². The first-order valence-electron chi connectivity index (χ1n) is 9.05. The van der Waals surface area contributed by atoms with E-state index in [1.54, 1.807) is 17.8 Å². The largest absolute Gasteiger partial charge is 0.505 e. The van der Waals surface area contributed by atoms with Crippen LogP contribution in [0.15, 0.2) is 53.4 Å². The maximum absolute atomic E-state index is 13.4. The number of aromatic hydroxyl groups is 1. The second-order valence-electron chi connectivity index (χ2n) is 7.47. The van der Waals surface area contributed by atoms with Crippen LogP contribution in [0.25, 0.3) is 0 Å². The molecule has 132 valence electrons. The number of rotatable bonds is 5. The lowest BCUT2D eigenvalue weighted by atomic mass is 9.96. The van der Waals surface area contributed by atoms with Gasteiger partial charge in [-0.05, 0) is 60.8 Å². The molecule has 1 saturated heterocycles. The van der Waals surface area contributed by atoms with Crippen LogP contribution >= 0.6 is 11.8 Å². The van der Waals surface area contributed by atoms with Gasteiger partial charge in [-0.2, -0.15) is 0 Å². The van der Waals surface area contributed by atoms with Crippen molar-refractivity contribution in [2.75, 3.05) is 19.0 Å². The van der Waals surface area contributed by atoms with Crippen molar-refractivity contribution in [2.45, 2.75) is 24.2 Å². The number of hydrogen-bond acceptors (Lipinski definition) is 3. The SMILES string of the molecule is Oc1ccc(SCN2C[C@H]3C[C@@H](Cc4ccccc4)C[C@H]3C2)cc1F. The van der Waals surface area contributed by atoms with Gasteiger partial charge in [-0.25, -0.2) is 4.39 Å². The van der Waals surface area contributed by atoms with Crippen LogP contribution in [0.2, 0.25) is 0 Å². The van der Waals surface area contributed by atoms with Crippen molar-refractivity contribution in [3.05, 3.63) is 59.9 Å². The molecule has 3 atom stereocenters. The number of phenols is 1. The normalized spacial score (nSPS) is 26.0. The minimum atomic E-state index is -0.535. The highest BCUT2D eigenvalue weighted by molar-refractivity contribution is 7.99. The summed E-state index contributed by atoms with van der Waals surface area (Å²) in [6.07, 6.45) is 3.90. The standard InChI is InChI=1S/C21H24FNOS/c22-20-11-19(6-7-21(20)24)25-14-23-12-17-9-16(10-18(17)13-23)8-15-4-2-1-3-5-15/h1-7,11,16-18,24H,8-10,12-14H2/t16-,17-,18+. The zero-order chi connectivity index (χ0) is 17.2. The Morgan fingerprint density at radius 1 is 1.04 bits per heavy atom. The minimum Gasteiger partial charge on any atom is -0.505 e. The number of nitrogens with zero attached hydrogens (tertiary/aromatic N) is 1. The number of halogens is 1. The molecule has 0 aromatic heterocycles. The third kappa shape index (κ3) is 4.01. The Bertz CT molecular complexity index is 709. The van der Waals surface area contributed by atoms with E-state index >= 15 is 0 Å². The van der Waals surface area contributed by atoms with Gasteiger partial charge in [0.05, 0.1) is 0 Å². The molecule has 25 heavy (non-hydrogen) atoms. The van der Waals surface area contributed by atoms with Crippen LogP contribution in [0.1, 0.15) is 18.4 Å². The first kappa shape index (κ1) is 16.9. The average molecular weight is 357 g/mol. The second-order valence-corrected chi connectivity index (χ2v) is 8.49. The fourth-order valence-electron chi connectivity index (χ4n) is 4.49. The molecule has 1 heterocycles. The monoisotopic (exact) mass is 357 g/mol. The Hall–Kier alpha value is -1.52. The van der Waals surface area contributed by atoms with Gasteiger partial charge in [0, 0.05) is 23.9 Å². The van der Waals surface area contributed by atoms with E-state index in [1.165, 1.54) is 50.0 Å². The van der Waals surface area contributed by atoms with Crippen LogP contribution in [-0.4, -0.2) is 29.0 Å². The van der Waals surface area contributed by atoms with Crippen molar-refractivity contribution < 1.29 is 9.50 Å². The number of thioether (sulfide) groups is 1. The Kier molecular flexibility index (Phi) is 5.00. The summed E-state index contributed by atoms with van der Waals surface area (Å²) in [5.41, 5.74) is 1.47. The van der Waals surface area contributed by atoms with Crippen LogP contribution in [-0.2, 0) is 6.42 Å². The van der Waals surface area contributed by atoms with Crippen molar-refractivity contribution >= 4 is 11.8 Å². The molecule has 0 radical (unpaired) electrons. The van der Waals surface area contributed by atoms with Gasteiger partial charge in [-0.3, -0.25) is 4.90 Å². The Labute approximate surface area is 153 Å². The smallest absolute Gasteiger partial charge is 0.165 e. The molecule has 2 fully saturated rings. The molecular formula is C21H24FNOS. The van der Waals surface area contributed by atoms with E-state index < -0.39 is 5.82 Å². The van der Waals surface area contributed by atoms with Crippen molar-refractivity contribution in [3.8, 4) is 5.75 Å². The summed E-state index contributed by atoms with van der Waals surface area (Å²) >= 11 is 1.66. The molecule has 1 aliphatic heterocycles. The van der Waals surface area contributed by atoms with Crippen LogP contribution in [0.5, 0.6) is 5.75 Å². The van der Waals surface area contributed by atoms with Gasteiger partial charge in [0.15, 0.2) is 11.6 Å². The van der Waals surface area contributed by atoms with E-state index in [1.807, 2.05) is 0 Å². The fraction of sp³-hybridized carbons (Fsp3) is 0.429. The van der Waals surface area contributed by atoms with E-state index in [2.05, 4.69) is 35.2 Å². The molecule has 1 N–H and O–H groups in total. The van der Waals surface area contributed by atoms with E-state index in [9.17, 15) is 9.50 Å². The lowest BCUT2D eigenvalue weighted by molar-refractivity contribution is 0.341. The molecule has 0 bridgehead atoms. The first-order valence-corrected chi connectivity index (χ1v) is 10.0. The predicted octanol–water partition coefficient (Wildman–Crippen LogP) is 4.78. The van der Waals surface area contributed by atoms with Gasteiger partial charge in [-0.15, -0.1) is 11.8 Å². The van der Waals surface area contributed by atoms with Crippen molar-refractivity contribution in [1.82, 2.24) is 4.90 Å². The number of benzene rings is 2. The maximum Gasteiger partial charge on any atom is 0.165 e. The quantitative estimate of drug-likeness (QED) is 0.779. The minimum absolute atomic E-state index is 0.274. The molecule has 2 nitrogen and oxygen atoms in total. The Balaban J connectivity index is 1.26. The highest BCUT2D eigenvalue weighted by atomic mass is 32.2. The summed E-state index contributed by atoms with van der Waals surface area (Å²) in [4.78, 5) is 3.39. The fourth-order valence-corrected chi connectivity index (χ4v) is 5.38. The highest BCUT2D eigenvalue weighted by Gasteiger charge is 2.40. The number of phenolic OH excluding ortho intramolecular Hbond substituents is 1. The summed E-state index contributed by atoms with van der Waals surface area (Å²) in [7, 11) is 0. The molecule has 0 unspecified atom stereocenters. The molecule has 0 spiro atoms. The van der Waals surface area contributed by atoms with Gasteiger partial charge in [0.25, 0.3) is 0 Å². The zero-order valence-corrected chi connectivity index (χ0v) is 15.1. The van der Waals surface area contributed by atoms with Gasteiger partial charge in [0.2, 0.25) is 0 Å². The Morgan fingerprint density at radius 3 is 2.44 bits per heavy atom. The summed E-state index contributed by atoms with van der Waals surface area (Å²) in [6, 6.07) is 15.5. The lowest BCUT2D eigenvalue weighted by Gasteiger charge is -2.18. The van der Waals surface area contributed by atoms with Crippen molar-refractivity contribution in [1.29, 1.82) is 0 Å². The predicted molar refractivity (Wildman–Crippen MR) is 100 cm³/mol. The van der Waals surface area contributed by atoms with Crippen LogP contribution < -0.4 is 0 Å². The molecule has 0 amide bonds. The van der Waals surface area contributed by atoms with Gasteiger partial charge in [0.1, 0.15) is 0 Å². The van der Waals surface area contributed by atoms with E-state index in [-0.39, 0.29) is 5.75 Å². The third-order valence-electron chi connectivity index (χ3n) is 5.62. The van der Waals surface area contributed by atoms with E-state index in [0.29, 0.717) is 0 Å². The maximum atomic E-state index is 13.4. The molecule has 2 aliphatic rings. The average Bonchev–Trinajstić information content (AvgIpc) is 3.15. The molecule has 1 saturated carbocycles. The molecule has 4 heteroatoms. The topological polar surface area (TPSA) is 23.5 Å². The molecule has 1 aliphatic carbocycles. The van der Waals surface area contributed by atoms with Crippen molar-refractivity contribution in [3.63, 3.8) is 0 Å². The van der Waals surface area contributed by atoms with Gasteiger partial charge in [-0.1, -0.05) is 30.3 Å². The second kappa shape index (κ2) is 7.38. The zero-order valence-electron chi connectivity index (χ0n) is 14.3. The highest BCUT2D eigenvalue weighted by Crippen LogP contribution is 2.43. The summed E-state index contributed by atoms with van der Waals surface area (Å²) in [5.74, 6) is 2.58. The first-order chi connectivity index (χ1) is 12.2.